The number of benzene rings is 2. The third-order valence-corrected chi connectivity index (χ3v) is 4.96. The monoisotopic (exact) mass is 420 g/mol. The smallest absolute Gasteiger partial charge is 0.311 e. The van der Waals surface area contributed by atoms with Gasteiger partial charge < -0.3 is 15.0 Å². The molecule has 0 aliphatic carbocycles. The molecular weight excluding hydrogens is 403 g/mol. The summed E-state index contributed by atoms with van der Waals surface area (Å²) in [6.45, 7) is 1.67. The van der Waals surface area contributed by atoms with Crippen LogP contribution < -0.4 is 10.2 Å². The molecule has 2 aromatic carbocycles. The highest BCUT2D eigenvalue weighted by Crippen LogP contribution is 2.28. The van der Waals surface area contributed by atoms with E-state index in [4.69, 9.17) is 27.9 Å². The number of amides is 2. The molecule has 0 spiro atoms. The predicted octanol–water partition coefficient (Wildman–Crippen LogP) is 3.84. The summed E-state index contributed by atoms with van der Waals surface area (Å²) in [7, 11) is 0. The molecule has 0 saturated carbocycles. The minimum absolute atomic E-state index is 0.0534. The van der Waals surface area contributed by atoms with Crippen molar-refractivity contribution in [3.05, 3.63) is 58.1 Å². The molecule has 1 atom stereocenters. The van der Waals surface area contributed by atoms with Crippen molar-refractivity contribution in [2.75, 3.05) is 23.4 Å². The number of hydrogen-bond donors (Lipinski definition) is 1. The molecule has 1 fully saturated rings. The minimum atomic E-state index is -0.612. The summed E-state index contributed by atoms with van der Waals surface area (Å²) in [5, 5.41) is 3.27. The van der Waals surface area contributed by atoms with Gasteiger partial charge in [0.1, 0.15) is 0 Å². The van der Waals surface area contributed by atoms with Gasteiger partial charge in [-0.2, -0.15) is 0 Å². The Morgan fingerprint density at radius 1 is 1.21 bits per heavy atom. The van der Waals surface area contributed by atoms with E-state index >= 15 is 0 Å². The van der Waals surface area contributed by atoms with E-state index < -0.39 is 24.4 Å². The van der Waals surface area contributed by atoms with Gasteiger partial charge in [0.15, 0.2) is 6.61 Å². The number of carbonyl (C=O) groups is 3. The van der Waals surface area contributed by atoms with Crippen molar-refractivity contribution < 1.29 is 19.1 Å². The lowest BCUT2D eigenvalue weighted by Crippen LogP contribution is -2.28. The summed E-state index contributed by atoms with van der Waals surface area (Å²) in [5.41, 5.74) is 2.09. The van der Waals surface area contributed by atoms with Crippen LogP contribution in [-0.4, -0.2) is 30.9 Å². The number of nitrogens with zero attached hydrogens (tertiary/aromatic N) is 1. The van der Waals surface area contributed by atoms with Gasteiger partial charge in [0.05, 0.1) is 16.6 Å². The van der Waals surface area contributed by atoms with Crippen molar-refractivity contribution in [3.8, 4) is 0 Å². The van der Waals surface area contributed by atoms with Crippen LogP contribution >= 0.6 is 23.2 Å². The molecule has 6 nitrogen and oxygen atoms in total. The average molecular weight is 421 g/mol. The van der Waals surface area contributed by atoms with Crippen LogP contribution in [0.25, 0.3) is 0 Å². The number of esters is 1. The quantitative estimate of drug-likeness (QED) is 0.745. The Labute approximate surface area is 172 Å². The standard InChI is InChI=1S/C20H18Cl2N2O4/c1-12-4-2-3-5-17(12)24-10-13(8-19(24)26)20(27)28-11-18(25)23-16-7-6-14(21)9-15(16)22/h2-7,9,13H,8,10-11H2,1H3,(H,23,25)/t13-/m1/s1. The number of nitrogens with one attached hydrogen (secondary N) is 1. The molecular formula is C20H18Cl2N2O4. The minimum Gasteiger partial charge on any atom is -0.455 e. The first-order valence-corrected chi connectivity index (χ1v) is 9.38. The van der Waals surface area contributed by atoms with Crippen LogP contribution in [-0.2, 0) is 19.1 Å². The number of carbonyl (C=O) groups excluding carboxylic acids is 3. The Bertz CT molecular complexity index is 932. The fourth-order valence-corrected chi connectivity index (χ4v) is 3.45. The van der Waals surface area contributed by atoms with Gasteiger partial charge in [-0.25, -0.2) is 0 Å². The lowest BCUT2D eigenvalue weighted by Gasteiger charge is -2.18. The van der Waals surface area contributed by atoms with Crippen molar-refractivity contribution in [2.45, 2.75) is 13.3 Å². The first-order chi connectivity index (χ1) is 13.3. The van der Waals surface area contributed by atoms with Gasteiger partial charge in [0.2, 0.25) is 5.91 Å². The summed E-state index contributed by atoms with van der Waals surface area (Å²) in [5.74, 6) is -1.87. The maximum atomic E-state index is 12.3. The number of para-hydroxylation sites is 1. The maximum absolute atomic E-state index is 12.3. The van der Waals surface area contributed by atoms with Crippen molar-refractivity contribution in [1.29, 1.82) is 0 Å². The van der Waals surface area contributed by atoms with Crippen molar-refractivity contribution in [3.63, 3.8) is 0 Å². The first-order valence-electron chi connectivity index (χ1n) is 8.62. The summed E-state index contributed by atoms with van der Waals surface area (Å²) in [6.07, 6.45) is 0.0534. The second-order valence-electron chi connectivity index (χ2n) is 6.47. The Morgan fingerprint density at radius 2 is 1.96 bits per heavy atom. The van der Waals surface area contributed by atoms with Gasteiger partial charge in [0.25, 0.3) is 5.91 Å². The molecule has 3 rings (SSSR count). The van der Waals surface area contributed by atoms with Crippen molar-refractivity contribution in [1.82, 2.24) is 0 Å². The number of anilines is 2. The van der Waals surface area contributed by atoms with Gasteiger partial charge in [-0.1, -0.05) is 41.4 Å². The van der Waals surface area contributed by atoms with Crippen LogP contribution in [0.3, 0.4) is 0 Å². The summed E-state index contributed by atoms with van der Waals surface area (Å²) in [6, 6.07) is 12.1. The Balaban J connectivity index is 1.54. The highest BCUT2D eigenvalue weighted by molar-refractivity contribution is 6.36. The largest absolute Gasteiger partial charge is 0.455 e. The van der Waals surface area contributed by atoms with E-state index in [1.54, 1.807) is 17.0 Å². The van der Waals surface area contributed by atoms with Crippen LogP contribution in [0.1, 0.15) is 12.0 Å². The molecule has 0 aromatic heterocycles. The summed E-state index contributed by atoms with van der Waals surface area (Å²) >= 11 is 11.8. The lowest BCUT2D eigenvalue weighted by atomic mass is 10.1. The topological polar surface area (TPSA) is 75.7 Å². The highest BCUT2D eigenvalue weighted by Gasteiger charge is 2.36. The van der Waals surface area contributed by atoms with E-state index in [1.807, 2.05) is 31.2 Å². The van der Waals surface area contributed by atoms with Gasteiger partial charge in [0, 0.05) is 23.7 Å². The number of hydrogen-bond acceptors (Lipinski definition) is 4. The fraction of sp³-hybridized carbons (Fsp3) is 0.250. The van der Waals surface area contributed by atoms with Gasteiger partial charge in [-0.15, -0.1) is 0 Å². The van der Waals surface area contributed by atoms with Crippen LogP contribution in [0.15, 0.2) is 42.5 Å². The molecule has 8 heteroatoms. The number of aryl methyl sites for hydroxylation is 1. The highest BCUT2D eigenvalue weighted by atomic mass is 35.5. The molecule has 28 heavy (non-hydrogen) atoms. The molecule has 2 aromatic rings. The van der Waals surface area contributed by atoms with E-state index in [9.17, 15) is 14.4 Å². The molecule has 0 bridgehead atoms. The van der Waals surface area contributed by atoms with Gasteiger partial charge in [-0.05, 0) is 36.8 Å². The third-order valence-electron chi connectivity index (χ3n) is 4.42. The zero-order valence-corrected chi connectivity index (χ0v) is 16.6. The zero-order chi connectivity index (χ0) is 20.3. The molecule has 1 N–H and O–H groups in total. The predicted molar refractivity (Wildman–Crippen MR) is 108 cm³/mol. The molecule has 1 aliphatic rings. The Kier molecular flexibility index (Phi) is 6.21. The van der Waals surface area contributed by atoms with Crippen LogP contribution in [0.4, 0.5) is 11.4 Å². The van der Waals surface area contributed by atoms with Crippen LogP contribution in [0.5, 0.6) is 0 Å². The molecule has 1 aliphatic heterocycles. The van der Waals surface area contributed by atoms with Gasteiger partial charge in [-0.3, -0.25) is 14.4 Å². The fourth-order valence-electron chi connectivity index (χ4n) is 3.00. The number of ether oxygens (including phenoxy) is 1. The molecule has 0 unspecified atom stereocenters. The normalized spacial score (nSPS) is 16.2. The lowest BCUT2D eigenvalue weighted by molar-refractivity contribution is -0.151. The third kappa shape index (κ3) is 4.64. The zero-order valence-electron chi connectivity index (χ0n) is 15.1. The van der Waals surface area contributed by atoms with Crippen LogP contribution in [0.2, 0.25) is 10.0 Å². The number of rotatable bonds is 5. The molecule has 1 saturated heterocycles. The first kappa shape index (κ1) is 20.2. The maximum Gasteiger partial charge on any atom is 0.311 e. The van der Waals surface area contributed by atoms with E-state index in [2.05, 4.69) is 5.32 Å². The molecule has 146 valence electrons. The Hall–Kier alpha value is -2.57. The average Bonchev–Trinajstić information content (AvgIpc) is 3.04. The van der Waals surface area contributed by atoms with E-state index in [-0.39, 0.29) is 23.9 Å². The van der Waals surface area contributed by atoms with E-state index in [0.29, 0.717) is 10.7 Å². The SMILES string of the molecule is Cc1ccccc1N1C[C@H](C(=O)OCC(=O)Nc2ccc(Cl)cc2Cl)CC1=O. The molecule has 0 radical (unpaired) electrons. The summed E-state index contributed by atoms with van der Waals surface area (Å²) < 4.78 is 5.09. The summed E-state index contributed by atoms with van der Waals surface area (Å²) in [4.78, 5) is 38.2. The van der Waals surface area contributed by atoms with Crippen molar-refractivity contribution in [2.24, 2.45) is 5.92 Å². The number of halogens is 2. The van der Waals surface area contributed by atoms with Crippen molar-refractivity contribution >= 4 is 52.4 Å². The Morgan fingerprint density at radius 3 is 2.68 bits per heavy atom. The second kappa shape index (κ2) is 8.63. The van der Waals surface area contributed by atoms with E-state index in [0.717, 1.165) is 11.3 Å². The molecule has 2 amide bonds. The molecule has 1 heterocycles. The van der Waals surface area contributed by atoms with E-state index in [1.165, 1.54) is 6.07 Å². The van der Waals surface area contributed by atoms with Gasteiger partial charge >= 0.3 is 5.97 Å². The van der Waals surface area contributed by atoms with Crippen LogP contribution in [0, 0.1) is 12.8 Å². The second-order valence-corrected chi connectivity index (χ2v) is 7.32.